The Balaban J connectivity index is 2.53. The lowest BCUT2D eigenvalue weighted by Crippen LogP contribution is -2.29. The molecular formula is C13H13BrN4. The van der Waals surface area contributed by atoms with Gasteiger partial charge in [0.2, 0.25) is 0 Å². The molecule has 0 aliphatic carbocycles. The molecule has 0 saturated carbocycles. The van der Waals surface area contributed by atoms with Gasteiger partial charge in [-0.15, -0.1) is 0 Å². The van der Waals surface area contributed by atoms with E-state index in [4.69, 9.17) is 11.0 Å². The normalized spacial score (nSPS) is 17.8. The van der Waals surface area contributed by atoms with Crippen LogP contribution in [0.4, 0.5) is 5.69 Å². The standard InChI is InChI=1S/C13H13BrN4/c1-13(2)8-5-3-4-6-10(8)17-12(18-13)11(14)9(16)7-15/h3-6H,16H2,1-2H3,(H,17,18). The fourth-order valence-electron chi connectivity index (χ4n) is 1.90. The highest BCUT2D eigenvalue weighted by atomic mass is 79.9. The number of anilines is 1. The van der Waals surface area contributed by atoms with Gasteiger partial charge in [-0.1, -0.05) is 18.2 Å². The van der Waals surface area contributed by atoms with Crippen molar-refractivity contribution in [3.8, 4) is 6.07 Å². The van der Waals surface area contributed by atoms with Gasteiger partial charge < -0.3 is 11.1 Å². The predicted molar refractivity (Wildman–Crippen MR) is 76.3 cm³/mol. The van der Waals surface area contributed by atoms with Gasteiger partial charge in [-0.2, -0.15) is 5.26 Å². The Bertz CT molecular complexity index is 593. The van der Waals surface area contributed by atoms with E-state index in [0.717, 1.165) is 11.3 Å². The van der Waals surface area contributed by atoms with Crippen LogP contribution in [0.5, 0.6) is 0 Å². The Morgan fingerprint density at radius 3 is 2.78 bits per heavy atom. The van der Waals surface area contributed by atoms with Crippen LogP contribution in [-0.2, 0) is 5.54 Å². The average Bonchev–Trinajstić information content (AvgIpc) is 2.36. The summed E-state index contributed by atoms with van der Waals surface area (Å²) in [7, 11) is 0. The van der Waals surface area contributed by atoms with Crippen molar-refractivity contribution in [2.24, 2.45) is 10.7 Å². The fraction of sp³-hybridized carbons (Fsp3) is 0.231. The maximum atomic E-state index is 8.82. The highest BCUT2D eigenvalue weighted by molar-refractivity contribution is 9.12. The summed E-state index contributed by atoms with van der Waals surface area (Å²) in [5, 5.41) is 12.0. The van der Waals surface area contributed by atoms with Crippen molar-refractivity contribution in [1.29, 1.82) is 5.26 Å². The number of nitrogens with one attached hydrogen (secondary N) is 1. The summed E-state index contributed by atoms with van der Waals surface area (Å²) < 4.78 is 0.493. The van der Waals surface area contributed by atoms with Gasteiger partial charge in [0, 0.05) is 11.3 Å². The summed E-state index contributed by atoms with van der Waals surface area (Å²) in [5.41, 5.74) is 7.46. The Kier molecular flexibility index (Phi) is 3.14. The van der Waals surface area contributed by atoms with E-state index in [2.05, 4.69) is 26.2 Å². The lowest BCUT2D eigenvalue weighted by Gasteiger charge is -2.30. The number of amidine groups is 1. The van der Waals surface area contributed by atoms with Gasteiger partial charge in [0.25, 0.3) is 0 Å². The minimum absolute atomic E-state index is 0.108. The molecule has 0 aromatic heterocycles. The molecule has 1 aliphatic rings. The third-order valence-corrected chi connectivity index (χ3v) is 3.60. The van der Waals surface area contributed by atoms with Gasteiger partial charge in [0.05, 0.1) is 10.0 Å². The quantitative estimate of drug-likeness (QED) is 0.783. The molecule has 0 unspecified atom stereocenters. The minimum atomic E-state index is -0.355. The molecule has 0 saturated heterocycles. The zero-order chi connectivity index (χ0) is 13.3. The molecule has 1 aromatic rings. The molecule has 5 heteroatoms. The number of para-hydroxylation sites is 1. The molecule has 1 aliphatic heterocycles. The number of nitrogens with two attached hydrogens (primary N) is 1. The second-order valence-corrected chi connectivity index (χ2v) is 5.32. The van der Waals surface area contributed by atoms with Crippen molar-refractivity contribution < 1.29 is 0 Å². The Morgan fingerprint density at radius 2 is 2.11 bits per heavy atom. The van der Waals surface area contributed by atoms with E-state index in [1.54, 1.807) is 0 Å². The van der Waals surface area contributed by atoms with Gasteiger partial charge in [-0.25, -0.2) is 0 Å². The molecule has 0 amide bonds. The van der Waals surface area contributed by atoms with E-state index >= 15 is 0 Å². The van der Waals surface area contributed by atoms with Crippen LogP contribution in [0.25, 0.3) is 0 Å². The number of hydrogen-bond acceptors (Lipinski definition) is 4. The topological polar surface area (TPSA) is 74.2 Å². The lowest BCUT2D eigenvalue weighted by molar-refractivity contribution is 0.555. The van der Waals surface area contributed by atoms with E-state index in [0.29, 0.717) is 10.3 Å². The number of allylic oxidation sites excluding steroid dienone is 1. The highest BCUT2D eigenvalue weighted by Crippen LogP contribution is 2.36. The van der Waals surface area contributed by atoms with Crippen LogP contribution in [0.1, 0.15) is 19.4 Å². The third kappa shape index (κ3) is 2.12. The summed E-state index contributed by atoms with van der Waals surface area (Å²) in [6.45, 7) is 4.05. The van der Waals surface area contributed by atoms with Crippen LogP contribution in [-0.4, -0.2) is 5.84 Å². The Hall–Kier alpha value is -1.80. The van der Waals surface area contributed by atoms with Crippen molar-refractivity contribution in [3.05, 3.63) is 40.0 Å². The molecule has 3 N–H and O–H groups in total. The molecule has 0 radical (unpaired) electrons. The van der Waals surface area contributed by atoms with Crippen molar-refractivity contribution in [1.82, 2.24) is 0 Å². The molecule has 1 heterocycles. The first-order valence-electron chi connectivity index (χ1n) is 5.48. The summed E-state index contributed by atoms with van der Waals surface area (Å²) in [5.74, 6) is 0.581. The number of fused-ring (bicyclic) bond motifs is 1. The van der Waals surface area contributed by atoms with Crippen molar-refractivity contribution >= 4 is 27.5 Å². The second kappa shape index (κ2) is 4.46. The van der Waals surface area contributed by atoms with Gasteiger partial charge in [0.15, 0.2) is 0 Å². The molecular weight excluding hydrogens is 292 g/mol. The molecule has 92 valence electrons. The largest absolute Gasteiger partial charge is 0.389 e. The van der Waals surface area contributed by atoms with Gasteiger partial charge in [-0.3, -0.25) is 4.99 Å². The summed E-state index contributed by atoms with van der Waals surface area (Å²) in [4.78, 5) is 4.59. The molecule has 0 fully saturated rings. The van der Waals surface area contributed by atoms with E-state index in [9.17, 15) is 0 Å². The smallest absolute Gasteiger partial charge is 0.143 e. The summed E-state index contributed by atoms with van der Waals surface area (Å²) >= 11 is 3.31. The van der Waals surface area contributed by atoms with Gasteiger partial charge in [0.1, 0.15) is 17.6 Å². The van der Waals surface area contributed by atoms with E-state index in [1.165, 1.54) is 0 Å². The molecule has 2 rings (SSSR count). The van der Waals surface area contributed by atoms with E-state index in [-0.39, 0.29) is 11.2 Å². The first kappa shape index (κ1) is 12.7. The molecule has 0 spiro atoms. The number of nitrogens with zero attached hydrogens (tertiary/aromatic N) is 2. The van der Waals surface area contributed by atoms with Gasteiger partial charge in [-0.05, 0) is 35.8 Å². The van der Waals surface area contributed by atoms with Crippen molar-refractivity contribution in [2.75, 3.05) is 5.32 Å². The van der Waals surface area contributed by atoms with E-state index in [1.807, 2.05) is 44.2 Å². The SMILES string of the molecule is CC1(C)N=C(C(Br)=C(N)C#N)Nc2ccccc21. The molecule has 0 bridgehead atoms. The summed E-state index contributed by atoms with van der Waals surface area (Å²) in [6.07, 6.45) is 0. The monoisotopic (exact) mass is 304 g/mol. The highest BCUT2D eigenvalue weighted by Gasteiger charge is 2.29. The maximum Gasteiger partial charge on any atom is 0.143 e. The number of benzene rings is 1. The Labute approximate surface area is 114 Å². The summed E-state index contributed by atoms with van der Waals surface area (Å²) in [6, 6.07) is 9.86. The van der Waals surface area contributed by atoms with Gasteiger partial charge >= 0.3 is 0 Å². The third-order valence-electron chi connectivity index (χ3n) is 2.80. The zero-order valence-electron chi connectivity index (χ0n) is 10.2. The number of halogens is 1. The fourth-order valence-corrected chi connectivity index (χ4v) is 2.18. The van der Waals surface area contributed by atoms with Crippen LogP contribution in [0.2, 0.25) is 0 Å². The molecule has 18 heavy (non-hydrogen) atoms. The van der Waals surface area contributed by atoms with Crippen LogP contribution in [0.3, 0.4) is 0 Å². The first-order valence-corrected chi connectivity index (χ1v) is 6.27. The van der Waals surface area contributed by atoms with Crippen LogP contribution in [0.15, 0.2) is 39.4 Å². The van der Waals surface area contributed by atoms with Crippen molar-refractivity contribution in [3.63, 3.8) is 0 Å². The number of nitriles is 1. The average molecular weight is 305 g/mol. The van der Waals surface area contributed by atoms with Crippen molar-refractivity contribution in [2.45, 2.75) is 19.4 Å². The molecule has 1 aromatic carbocycles. The predicted octanol–water partition coefficient (Wildman–Crippen LogP) is 2.83. The Morgan fingerprint density at radius 1 is 1.44 bits per heavy atom. The van der Waals surface area contributed by atoms with Crippen LogP contribution in [0, 0.1) is 11.3 Å². The number of rotatable bonds is 1. The minimum Gasteiger partial charge on any atom is -0.389 e. The number of aliphatic imine (C=N–C) groups is 1. The zero-order valence-corrected chi connectivity index (χ0v) is 11.7. The molecule has 0 atom stereocenters. The van der Waals surface area contributed by atoms with Crippen LogP contribution < -0.4 is 11.1 Å². The first-order chi connectivity index (χ1) is 8.45. The van der Waals surface area contributed by atoms with E-state index < -0.39 is 0 Å². The van der Waals surface area contributed by atoms with Crippen LogP contribution >= 0.6 is 15.9 Å². The second-order valence-electron chi connectivity index (χ2n) is 4.53. The lowest BCUT2D eigenvalue weighted by atomic mass is 9.91. The maximum absolute atomic E-state index is 8.82. The molecule has 4 nitrogen and oxygen atoms in total. The number of hydrogen-bond donors (Lipinski definition) is 2.